The number of rotatable bonds is 4. The van der Waals surface area contributed by atoms with Crippen molar-refractivity contribution in [2.45, 2.75) is 20.0 Å². The molecule has 0 unspecified atom stereocenters. The maximum atomic E-state index is 14.8. The number of hydrogen-bond acceptors (Lipinski definition) is 8. The number of fused-ring (bicyclic) bond motifs is 2. The van der Waals surface area contributed by atoms with Crippen LogP contribution in [0.4, 0.5) is 21.8 Å². The van der Waals surface area contributed by atoms with Gasteiger partial charge in [-0.15, -0.1) is 0 Å². The van der Waals surface area contributed by atoms with Crippen molar-refractivity contribution in [3.8, 4) is 0 Å². The van der Waals surface area contributed by atoms with E-state index < -0.39 is 15.8 Å². The van der Waals surface area contributed by atoms with Gasteiger partial charge < -0.3 is 15.5 Å². The molecule has 172 valence electrons. The van der Waals surface area contributed by atoms with Gasteiger partial charge in [0.1, 0.15) is 11.3 Å². The van der Waals surface area contributed by atoms with Crippen LogP contribution >= 0.6 is 0 Å². The number of hydrogen-bond donors (Lipinski definition) is 2. The third-order valence-electron chi connectivity index (χ3n) is 6.73. The fraction of sp³-hybridized carbons (Fsp3) is 0.409. The molecule has 0 radical (unpaired) electrons. The molecule has 2 saturated heterocycles. The molecule has 5 heterocycles. The molecule has 11 heteroatoms. The third-order valence-corrected chi connectivity index (χ3v) is 7.92. The van der Waals surface area contributed by atoms with Gasteiger partial charge in [0, 0.05) is 62.0 Å². The lowest BCUT2D eigenvalue weighted by Crippen LogP contribution is -2.71. The monoisotopic (exact) mass is 469 g/mol. The van der Waals surface area contributed by atoms with Crippen LogP contribution in [-0.4, -0.2) is 60.1 Å². The summed E-state index contributed by atoms with van der Waals surface area (Å²) in [6.07, 6.45) is 2.88. The average molecular weight is 470 g/mol. The molecule has 3 aliphatic rings. The smallest absolute Gasteiger partial charge is 0.227 e. The Kier molecular flexibility index (Phi) is 4.42. The van der Waals surface area contributed by atoms with Gasteiger partial charge in [-0.2, -0.15) is 4.31 Å². The first-order chi connectivity index (χ1) is 15.7. The van der Waals surface area contributed by atoms with E-state index in [2.05, 4.69) is 25.5 Å². The van der Waals surface area contributed by atoms with Gasteiger partial charge in [0.05, 0.1) is 11.9 Å². The summed E-state index contributed by atoms with van der Waals surface area (Å²) in [5.41, 5.74) is 3.62. The summed E-state index contributed by atoms with van der Waals surface area (Å²) in [5, 5.41) is 7.20. The minimum absolute atomic E-state index is 0.180. The van der Waals surface area contributed by atoms with Crippen LogP contribution in [-0.2, 0) is 23.1 Å². The van der Waals surface area contributed by atoms with E-state index >= 15 is 0 Å². The lowest BCUT2D eigenvalue weighted by molar-refractivity contribution is 0.121. The number of aromatic nitrogens is 3. The van der Waals surface area contributed by atoms with Gasteiger partial charge in [0.25, 0.3) is 0 Å². The van der Waals surface area contributed by atoms with Gasteiger partial charge in [0.2, 0.25) is 16.0 Å². The second kappa shape index (κ2) is 7.05. The highest BCUT2D eigenvalue weighted by Gasteiger charge is 2.48. The first-order valence-electron chi connectivity index (χ1n) is 10.8. The molecule has 0 atom stereocenters. The zero-order valence-electron chi connectivity index (χ0n) is 18.4. The van der Waals surface area contributed by atoms with Gasteiger partial charge in [-0.3, -0.25) is 0 Å². The van der Waals surface area contributed by atoms with Gasteiger partial charge in [-0.05, 0) is 36.2 Å². The standard InChI is InChI=1S/C22H24FN7O2S/c1-13-3-14-6-25-21(28-19(14)20(26-13)29-11-22(12-29)9-24-10-22)27-18-5-16-8-30(33(2,31)32)7-15(16)4-17(18)23/h3-6,24H,7-12H2,1-2H3,(H,25,27,28). The minimum Gasteiger partial charge on any atom is -0.353 e. The van der Waals surface area contributed by atoms with Gasteiger partial charge in [-0.25, -0.2) is 27.8 Å². The Balaban J connectivity index is 1.31. The van der Waals surface area contributed by atoms with Crippen LogP contribution in [0.1, 0.15) is 16.8 Å². The number of sulfonamides is 1. The molecule has 0 bridgehead atoms. The van der Waals surface area contributed by atoms with Crippen molar-refractivity contribution >= 4 is 38.4 Å². The Morgan fingerprint density at radius 3 is 2.52 bits per heavy atom. The van der Waals surface area contributed by atoms with Crippen LogP contribution in [0.5, 0.6) is 0 Å². The van der Waals surface area contributed by atoms with E-state index in [1.807, 2.05) is 13.0 Å². The molecular formula is C22H24FN7O2S. The summed E-state index contributed by atoms with van der Waals surface area (Å²) < 4.78 is 39.9. The van der Waals surface area contributed by atoms with E-state index in [9.17, 15) is 12.8 Å². The number of nitrogens with one attached hydrogen (secondary N) is 2. The minimum atomic E-state index is -3.35. The van der Waals surface area contributed by atoms with Crippen molar-refractivity contribution < 1.29 is 12.8 Å². The highest BCUT2D eigenvalue weighted by Crippen LogP contribution is 2.39. The van der Waals surface area contributed by atoms with Crippen molar-refractivity contribution in [1.29, 1.82) is 0 Å². The van der Waals surface area contributed by atoms with E-state index in [1.54, 1.807) is 12.3 Å². The van der Waals surface area contributed by atoms with Crippen molar-refractivity contribution in [1.82, 2.24) is 24.6 Å². The van der Waals surface area contributed by atoms with Crippen LogP contribution < -0.4 is 15.5 Å². The van der Waals surface area contributed by atoms with E-state index in [-0.39, 0.29) is 24.7 Å². The molecule has 6 rings (SSSR count). The Morgan fingerprint density at radius 1 is 1.12 bits per heavy atom. The van der Waals surface area contributed by atoms with Crippen LogP contribution in [0.3, 0.4) is 0 Å². The molecule has 0 saturated carbocycles. The lowest BCUT2D eigenvalue weighted by atomic mass is 9.74. The zero-order valence-corrected chi connectivity index (χ0v) is 19.2. The first kappa shape index (κ1) is 20.7. The predicted octanol–water partition coefficient (Wildman–Crippen LogP) is 1.90. The fourth-order valence-corrected chi connectivity index (χ4v) is 5.64. The number of pyridine rings is 1. The molecule has 1 aromatic carbocycles. The molecular weight excluding hydrogens is 445 g/mol. The maximum Gasteiger partial charge on any atom is 0.227 e. The predicted molar refractivity (Wildman–Crippen MR) is 123 cm³/mol. The Labute approximate surface area is 191 Å². The Morgan fingerprint density at radius 2 is 1.85 bits per heavy atom. The number of aryl methyl sites for hydroxylation is 1. The first-order valence-corrected chi connectivity index (χ1v) is 12.7. The topological polar surface area (TPSA) is 103 Å². The van der Waals surface area contributed by atoms with Crippen molar-refractivity contribution in [3.63, 3.8) is 0 Å². The van der Waals surface area contributed by atoms with Crippen LogP contribution in [0.15, 0.2) is 24.4 Å². The Hall–Kier alpha value is -2.89. The van der Waals surface area contributed by atoms with E-state index in [1.165, 1.54) is 10.4 Å². The third kappa shape index (κ3) is 3.51. The van der Waals surface area contributed by atoms with Crippen molar-refractivity contribution in [2.24, 2.45) is 5.41 Å². The molecule has 33 heavy (non-hydrogen) atoms. The number of anilines is 3. The molecule has 3 aliphatic heterocycles. The van der Waals surface area contributed by atoms with Crippen molar-refractivity contribution in [2.75, 3.05) is 42.7 Å². The molecule has 9 nitrogen and oxygen atoms in total. The average Bonchev–Trinajstić information content (AvgIpc) is 3.09. The second-order valence-electron chi connectivity index (χ2n) is 9.44. The summed E-state index contributed by atoms with van der Waals surface area (Å²) in [5.74, 6) is 0.621. The number of benzene rings is 1. The number of nitrogens with zero attached hydrogens (tertiary/aromatic N) is 5. The van der Waals surface area contributed by atoms with E-state index in [0.717, 1.165) is 60.4 Å². The van der Waals surface area contributed by atoms with Gasteiger partial charge in [-0.1, -0.05) is 0 Å². The van der Waals surface area contributed by atoms with Gasteiger partial charge in [0.15, 0.2) is 5.82 Å². The normalized spacial score (nSPS) is 19.4. The molecule has 2 fully saturated rings. The Bertz CT molecular complexity index is 1400. The highest BCUT2D eigenvalue weighted by molar-refractivity contribution is 7.88. The number of halogens is 1. The molecule has 0 aliphatic carbocycles. The summed E-state index contributed by atoms with van der Waals surface area (Å²) in [6, 6.07) is 4.96. The van der Waals surface area contributed by atoms with Crippen LogP contribution in [0, 0.1) is 18.2 Å². The molecule has 1 spiro atoms. The molecule has 2 N–H and O–H groups in total. The molecule has 0 amide bonds. The maximum absolute atomic E-state index is 14.8. The SMILES string of the molecule is Cc1cc2cnc(Nc3cc4c(cc3F)CN(S(C)(=O)=O)C4)nc2c(N2CC3(CNC3)C2)n1. The largest absolute Gasteiger partial charge is 0.353 e. The second-order valence-corrected chi connectivity index (χ2v) is 11.4. The molecule has 3 aromatic rings. The van der Waals surface area contributed by atoms with Crippen molar-refractivity contribution in [3.05, 3.63) is 47.0 Å². The van der Waals surface area contributed by atoms with E-state index in [4.69, 9.17) is 4.98 Å². The quantitative estimate of drug-likeness (QED) is 0.597. The van der Waals surface area contributed by atoms with Crippen LogP contribution in [0.25, 0.3) is 10.9 Å². The fourth-order valence-electron chi connectivity index (χ4n) is 4.89. The summed E-state index contributed by atoms with van der Waals surface area (Å²) in [4.78, 5) is 16.0. The lowest BCUT2D eigenvalue weighted by Gasteiger charge is -2.56. The van der Waals surface area contributed by atoms with Gasteiger partial charge >= 0.3 is 0 Å². The molecule has 2 aromatic heterocycles. The summed E-state index contributed by atoms with van der Waals surface area (Å²) >= 11 is 0. The summed E-state index contributed by atoms with van der Waals surface area (Å²) in [6.45, 7) is 6.30. The van der Waals surface area contributed by atoms with Crippen LogP contribution in [0.2, 0.25) is 0 Å². The zero-order chi connectivity index (χ0) is 23.0. The highest BCUT2D eigenvalue weighted by atomic mass is 32.2. The summed E-state index contributed by atoms with van der Waals surface area (Å²) in [7, 11) is -3.35. The van der Waals surface area contributed by atoms with E-state index in [0.29, 0.717) is 11.0 Å².